The zero-order valence-electron chi connectivity index (χ0n) is 10.7. The maximum absolute atomic E-state index is 5.95. The Morgan fingerprint density at radius 3 is 2.56 bits per heavy atom. The SMILES string of the molecule is Cc1ccc(N(C)Cc2ccccc2Br)cc1N. The Balaban J connectivity index is 2.19. The molecule has 2 nitrogen and oxygen atoms in total. The molecule has 0 atom stereocenters. The van der Waals surface area contributed by atoms with Gasteiger partial charge in [0.05, 0.1) is 0 Å². The van der Waals surface area contributed by atoms with E-state index < -0.39 is 0 Å². The van der Waals surface area contributed by atoms with Gasteiger partial charge in [0.15, 0.2) is 0 Å². The summed E-state index contributed by atoms with van der Waals surface area (Å²) in [7, 11) is 2.07. The normalized spacial score (nSPS) is 10.4. The molecule has 94 valence electrons. The molecule has 2 aromatic carbocycles. The van der Waals surface area contributed by atoms with E-state index in [1.54, 1.807) is 0 Å². The van der Waals surface area contributed by atoms with E-state index in [1.165, 1.54) is 5.56 Å². The molecule has 0 saturated carbocycles. The lowest BCUT2D eigenvalue weighted by Crippen LogP contribution is -2.16. The highest BCUT2D eigenvalue weighted by molar-refractivity contribution is 9.10. The summed E-state index contributed by atoms with van der Waals surface area (Å²) in [4.78, 5) is 2.19. The number of hydrogen-bond donors (Lipinski definition) is 1. The van der Waals surface area contributed by atoms with Crippen LogP contribution >= 0.6 is 15.9 Å². The van der Waals surface area contributed by atoms with E-state index in [0.29, 0.717) is 0 Å². The molecule has 0 aliphatic heterocycles. The van der Waals surface area contributed by atoms with Gasteiger partial charge >= 0.3 is 0 Å². The fourth-order valence-electron chi connectivity index (χ4n) is 1.84. The summed E-state index contributed by atoms with van der Waals surface area (Å²) in [6, 6.07) is 14.4. The molecule has 0 saturated heterocycles. The van der Waals surface area contributed by atoms with Crippen LogP contribution in [-0.2, 0) is 6.54 Å². The number of hydrogen-bond acceptors (Lipinski definition) is 2. The van der Waals surface area contributed by atoms with E-state index in [2.05, 4.69) is 58.2 Å². The van der Waals surface area contributed by atoms with Gasteiger partial charge in [0.2, 0.25) is 0 Å². The van der Waals surface area contributed by atoms with Crippen LogP contribution in [0.5, 0.6) is 0 Å². The maximum atomic E-state index is 5.95. The van der Waals surface area contributed by atoms with Gasteiger partial charge in [0.1, 0.15) is 0 Å². The van der Waals surface area contributed by atoms with Crippen LogP contribution in [-0.4, -0.2) is 7.05 Å². The van der Waals surface area contributed by atoms with Gasteiger partial charge in [0, 0.05) is 29.4 Å². The summed E-state index contributed by atoms with van der Waals surface area (Å²) in [5, 5.41) is 0. The monoisotopic (exact) mass is 304 g/mol. The number of aryl methyl sites for hydroxylation is 1. The van der Waals surface area contributed by atoms with Gasteiger partial charge in [-0.3, -0.25) is 0 Å². The number of anilines is 2. The molecule has 2 aromatic rings. The van der Waals surface area contributed by atoms with Crippen molar-refractivity contribution in [2.24, 2.45) is 0 Å². The van der Waals surface area contributed by atoms with Crippen molar-refractivity contribution in [2.45, 2.75) is 13.5 Å². The van der Waals surface area contributed by atoms with E-state index in [0.717, 1.165) is 28.0 Å². The number of nitrogens with zero attached hydrogens (tertiary/aromatic N) is 1. The molecule has 2 N–H and O–H groups in total. The van der Waals surface area contributed by atoms with E-state index >= 15 is 0 Å². The minimum absolute atomic E-state index is 0.839. The Bertz CT molecular complexity index is 552. The van der Waals surface area contributed by atoms with Crippen molar-refractivity contribution in [2.75, 3.05) is 17.7 Å². The largest absolute Gasteiger partial charge is 0.398 e. The first kappa shape index (κ1) is 13.0. The van der Waals surface area contributed by atoms with Crippen LogP contribution in [0.4, 0.5) is 11.4 Å². The number of rotatable bonds is 3. The van der Waals surface area contributed by atoms with Gasteiger partial charge in [0.25, 0.3) is 0 Å². The summed E-state index contributed by atoms with van der Waals surface area (Å²) < 4.78 is 1.14. The molecule has 2 rings (SSSR count). The van der Waals surface area contributed by atoms with Crippen LogP contribution in [0.3, 0.4) is 0 Å². The Morgan fingerprint density at radius 1 is 1.17 bits per heavy atom. The minimum atomic E-state index is 0.839. The second kappa shape index (κ2) is 5.44. The number of nitrogens with two attached hydrogens (primary N) is 1. The van der Waals surface area contributed by atoms with Crippen LogP contribution in [0.2, 0.25) is 0 Å². The zero-order valence-corrected chi connectivity index (χ0v) is 12.2. The summed E-state index contributed by atoms with van der Waals surface area (Å²) in [5.74, 6) is 0. The van der Waals surface area contributed by atoms with Crippen LogP contribution in [0, 0.1) is 6.92 Å². The van der Waals surface area contributed by atoms with Gasteiger partial charge in [-0.2, -0.15) is 0 Å². The highest BCUT2D eigenvalue weighted by Crippen LogP contribution is 2.23. The van der Waals surface area contributed by atoms with E-state index in [4.69, 9.17) is 5.73 Å². The fourth-order valence-corrected chi connectivity index (χ4v) is 2.25. The quantitative estimate of drug-likeness (QED) is 0.869. The lowest BCUT2D eigenvalue weighted by atomic mass is 10.1. The summed E-state index contributed by atoms with van der Waals surface area (Å²) in [5.41, 5.74) is 10.3. The highest BCUT2D eigenvalue weighted by atomic mass is 79.9. The van der Waals surface area contributed by atoms with Crippen LogP contribution in [0.25, 0.3) is 0 Å². The lowest BCUT2D eigenvalue weighted by molar-refractivity contribution is 0.918. The molecular formula is C15H17BrN2. The molecule has 0 aliphatic carbocycles. The molecule has 0 bridgehead atoms. The molecule has 0 aliphatic rings. The van der Waals surface area contributed by atoms with Gasteiger partial charge in [-0.25, -0.2) is 0 Å². The van der Waals surface area contributed by atoms with E-state index in [-0.39, 0.29) is 0 Å². The molecule has 3 heteroatoms. The van der Waals surface area contributed by atoms with Gasteiger partial charge in [-0.1, -0.05) is 40.2 Å². The molecule has 0 amide bonds. The molecule has 0 aromatic heterocycles. The number of halogens is 1. The second-order valence-corrected chi connectivity index (χ2v) is 5.34. The van der Waals surface area contributed by atoms with Gasteiger partial charge in [-0.15, -0.1) is 0 Å². The maximum Gasteiger partial charge on any atom is 0.0437 e. The van der Waals surface area contributed by atoms with Gasteiger partial charge in [-0.05, 0) is 36.2 Å². The third kappa shape index (κ3) is 2.85. The van der Waals surface area contributed by atoms with Crippen molar-refractivity contribution in [1.82, 2.24) is 0 Å². The summed E-state index contributed by atoms with van der Waals surface area (Å²) in [6.07, 6.45) is 0. The standard InChI is InChI=1S/C15H17BrN2/c1-11-7-8-13(9-15(11)17)18(2)10-12-5-3-4-6-14(12)16/h3-9H,10,17H2,1-2H3. The molecule has 0 heterocycles. The minimum Gasteiger partial charge on any atom is -0.398 e. The smallest absolute Gasteiger partial charge is 0.0437 e. The molecule has 18 heavy (non-hydrogen) atoms. The number of benzene rings is 2. The van der Waals surface area contributed by atoms with Crippen molar-refractivity contribution < 1.29 is 0 Å². The first-order chi connectivity index (χ1) is 8.58. The average Bonchev–Trinajstić information content (AvgIpc) is 2.35. The van der Waals surface area contributed by atoms with Gasteiger partial charge < -0.3 is 10.6 Å². The van der Waals surface area contributed by atoms with Crippen molar-refractivity contribution >= 4 is 27.3 Å². The predicted molar refractivity (Wildman–Crippen MR) is 81.8 cm³/mol. The average molecular weight is 305 g/mol. The van der Waals surface area contributed by atoms with Crippen LogP contribution in [0.15, 0.2) is 46.9 Å². The number of nitrogen functional groups attached to an aromatic ring is 1. The fraction of sp³-hybridized carbons (Fsp3) is 0.200. The Morgan fingerprint density at radius 2 is 1.89 bits per heavy atom. The zero-order chi connectivity index (χ0) is 13.1. The summed E-state index contributed by atoms with van der Waals surface area (Å²) >= 11 is 3.57. The molecular weight excluding hydrogens is 288 g/mol. The second-order valence-electron chi connectivity index (χ2n) is 4.49. The Kier molecular flexibility index (Phi) is 3.92. The summed E-state index contributed by atoms with van der Waals surface area (Å²) in [6.45, 7) is 2.87. The van der Waals surface area contributed by atoms with E-state index in [9.17, 15) is 0 Å². The van der Waals surface area contributed by atoms with Crippen molar-refractivity contribution in [3.63, 3.8) is 0 Å². The molecule has 0 unspecified atom stereocenters. The molecule has 0 radical (unpaired) electrons. The van der Waals surface area contributed by atoms with Crippen LogP contribution in [0.1, 0.15) is 11.1 Å². The van der Waals surface area contributed by atoms with Crippen LogP contribution < -0.4 is 10.6 Å². The van der Waals surface area contributed by atoms with Crippen molar-refractivity contribution in [3.05, 3.63) is 58.1 Å². The Labute approximate surface area is 117 Å². The third-order valence-corrected chi connectivity index (χ3v) is 3.84. The topological polar surface area (TPSA) is 29.3 Å². The molecule has 0 spiro atoms. The first-order valence-electron chi connectivity index (χ1n) is 5.88. The van der Waals surface area contributed by atoms with Crippen molar-refractivity contribution in [1.29, 1.82) is 0 Å². The Hall–Kier alpha value is -1.48. The predicted octanol–water partition coefficient (Wildman–Crippen LogP) is 3.98. The van der Waals surface area contributed by atoms with Crippen molar-refractivity contribution in [3.8, 4) is 0 Å². The highest BCUT2D eigenvalue weighted by Gasteiger charge is 2.05. The molecule has 0 fully saturated rings. The van der Waals surface area contributed by atoms with E-state index in [1.807, 2.05) is 19.1 Å². The third-order valence-electron chi connectivity index (χ3n) is 3.07. The first-order valence-corrected chi connectivity index (χ1v) is 6.68. The lowest BCUT2D eigenvalue weighted by Gasteiger charge is -2.21.